The molecule has 0 bridgehead atoms. The summed E-state index contributed by atoms with van der Waals surface area (Å²) in [4.78, 5) is 4.17. The number of rotatable bonds is 2. The van der Waals surface area contributed by atoms with Crippen molar-refractivity contribution < 1.29 is 4.52 Å². The van der Waals surface area contributed by atoms with Gasteiger partial charge in [-0.1, -0.05) is 5.16 Å². The van der Waals surface area contributed by atoms with Crippen molar-refractivity contribution in [3.63, 3.8) is 0 Å². The first-order valence-electron chi connectivity index (χ1n) is 4.58. The molecule has 74 valence electrons. The van der Waals surface area contributed by atoms with E-state index in [-0.39, 0.29) is 0 Å². The Morgan fingerprint density at radius 3 is 2.64 bits per heavy atom. The van der Waals surface area contributed by atoms with Crippen LogP contribution in [0.25, 0.3) is 0 Å². The van der Waals surface area contributed by atoms with E-state index in [1.54, 1.807) is 6.20 Å². The zero-order valence-electron chi connectivity index (χ0n) is 8.61. The molecule has 0 aliphatic carbocycles. The van der Waals surface area contributed by atoms with Gasteiger partial charge in [-0.05, 0) is 20.8 Å². The van der Waals surface area contributed by atoms with E-state index in [1.165, 1.54) is 0 Å². The van der Waals surface area contributed by atoms with Gasteiger partial charge in [-0.15, -0.1) is 0 Å². The molecular weight excluding hydrogens is 178 g/mol. The zero-order chi connectivity index (χ0) is 10.1. The Labute approximate surface area is 82.6 Å². The molecule has 14 heavy (non-hydrogen) atoms. The Morgan fingerprint density at radius 1 is 1.36 bits per heavy atom. The van der Waals surface area contributed by atoms with E-state index < -0.39 is 0 Å². The summed E-state index contributed by atoms with van der Waals surface area (Å²) in [5, 5.41) is 3.92. The van der Waals surface area contributed by atoms with Gasteiger partial charge in [0, 0.05) is 18.0 Å². The van der Waals surface area contributed by atoms with E-state index in [2.05, 4.69) is 14.7 Å². The molecule has 0 aliphatic rings. The SMILES string of the molecule is Cc1noc(C)c1Cn1ccnc1C. The van der Waals surface area contributed by atoms with E-state index in [9.17, 15) is 0 Å². The van der Waals surface area contributed by atoms with Gasteiger partial charge < -0.3 is 9.09 Å². The van der Waals surface area contributed by atoms with Crippen LogP contribution < -0.4 is 0 Å². The summed E-state index contributed by atoms with van der Waals surface area (Å²) >= 11 is 0. The van der Waals surface area contributed by atoms with Crippen molar-refractivity contribution in [1.29, 1.82) is 0 Å². The van der Waals surface area contributed by atoms with Crippen LogP contribution >= 0.6 is 0 Å². The molecule has 4 nitrogen and oxygen atoms in total. The number of imidazole rings is 1. The third kappa shape index (κ3) is 1.43. The Balaban J connectivity index is 2.31. The van der Waals surface area contributed by atoms with E-state index in [1.807, 2.05) is 27.0 Å². The molecular formula is C10H13N3O. The van der Waals surface area contributed by atoms with Gasteiger partial charge in [0.2, 0.25) is 0 Å². The summed E-state index contributed by atoms with van der Waals surface area (Å²) in [5.74, 6) is 1.89. The lowest BCUT2D eigenvalue weighted by Crippen LogP contribution is -2.02. The molecule has 0 amide bonds. The molecule has 0 spiro atoms. The topological polar surface area (TPSA) is 43.9 Å². The fourth-order valence-corrected chi connectivity index (χ4v) is 1.47. The summed E-state index contributed by atoms with van der Waals surface area (Å²) < 4.78 is 7.18. The van der Waals surface area contributed by atoms with Gasteiger partial charge in [-0.3, -0.25) is 0 Å². The molecule has 0 radical (unpaired) electrons. The number of nitrogens with zero attached hydrogens (tertiary/aromatic N) is 3. The van der Waals surface area contributed by atoms with Gasteiger partial charge in [0.15, 0.2) is 0 Å². The number of hydrogen-bond donors (Lipinski definition) is 0. The van der Waals surface area contributed by atoms with Crippen LogP contribution in [0.1, 0.15) is 22.8 Å². The molecule has 0 N–H and O–H groups in total. The van der Waals surface area contributed by atoms with Crippen molar-refractivity contribution in [2.45, 2.75) is 27.3 Å². The lowest BCUT2D eigenvalue weighted by Gasteiger charge is -2.03. The maximum Gasteiger partial charge on any atom is 0.138 e. The second kappa shape index (κ2) is 3.29. The van der Waals surface area contributed by atoms with Gasteiger partial charge in [-0.2, -0.15) is 0 Å². The van der Waals surface area contributed by atoms with Crippen molar-refractivity contribution in [3.8, 4) is 0 Å². The lowest BCUT2D eigenvalue weighted by atomic mass is 10.2. The third-order valence-electron chi connectivity index (χ3n) is 2.43. The van der Waals surface area contributed by atoms with Crippen LogP contribution in [0, 0.1) is 20.8 Å². The number of aromatic nitrogens is 3. The van der Waals surface area contributed by atoms with Gasteiger partial charge in [-0.25, -0.2) is 4.98 Å². The van der Waals surface area contributed by atoms with Crippen LogP contribution in [0.2, 0.25) is 0 Å². The van der Waals surface area contributed by atoms with E-state index in [4.69, 9.17) is 4.52 Å². The second-order valence-electron chi connectivity index (χ2n) is 3.41. The Bertz CT molecular complexity index is 422. The third-order valence-corrected chi connectivity index (χ3v) is 2.43. The van der Waals surface area contributed by atoms with Gasteiger partial charge in [0.05, 0.1) is 12.2 Å². The molecule has 0 fully saturated rings. The minimum absolute atomic E-state index is 0.785. The van der Waals surface area contributed by atoms with Crippen LogP contribution in [-0.4, -0.2) is 14.7 Å². The highest BCUT2D eigenvalue weighted by Crippen LogP contribution is 2.14. The molecule has 4 heteroatoms. The minimum Gasteiger partial charge on any atom is -0.361 e. The largest absolute Gasteiger partial charge is 0.361 e. The Morgan fingerprint density at radius 2 is 2.14 bits per heavy atom. The van der Waals surface area contributed by atoms with E-state index in [0.29, 0.717) is 0 Å². The predicted octanol–water partition coefficient (Wildman–Crippen LogP) is 1.84. The molecule has 2 rings (SSSR count). The summed E-state index contributed by atoms with van der Waals surface area (Å²) in [6, 6.07) is 0. The molecule has 2 heterocycles. The van der Waals surface area contributed by atoms with E-state index in [0.717, 1.165) is 29.4 Å². The number of hydrogen-bond acceptors (Lipinski definition) is 3. The fourth-order valence-electron chi connectivity index (χ4n) is 1.47. The average molecular weight is 191 g/mol. The van der Waals surface area contributed by atoms with Crippen LogP contribution in [0.3, 0.4) is 0 Å². The maximum absolute atomic E-state index is 5.10. The van der Waals surface area contributed by atoms with Crippen LogP contribution in [0.4, 0.5) is 0 Å². The van der Waals surface area contributed by atoms with Gasteiger partial charge >= 0.3 is 0 Å². The fraction of sp³-hybridized carbons (Fsp3) is 0.400. The van der Waals surface area contributed by atoms with Gasteiger partial charge in [0.25, 0.3) is 0 Å². The molecule has 0 atom stereocenters. The lowest BCUT2D eigenvalue weighted by molar-refractivity contribution is 0.392. The second-order valence-corrected chi connectivity index (χ2v) is 3.41. The van der Waals surface area contributed by atoms with Crippen LogP contribution in [-0.2, 0) is 6.54 Å². The van der Waals surface area contributed by atoms with E-state index >= 15 is 0 Å². The quantitative estimate of drug-likeness (QED) is 0.727. The summed E-state index contributed by atoms with van der Waals surface area (Å²) in [6.45, 7) is 6.66. The monoisotopic (exact) mass is 191 g/mol. The molecule has 2 aromatic rings. The standard InChI is InChI=1S/C10H13N3O/c1-7-10(8(2)14-12-7)6-13-5-4-11-9(13)3/h4-5H,6H2,1-3H3. The summed E-state index contributed by atoms with van der Waals surface area (Å²) in [7, 11) is 0. The molecule has 0 aromatic carbocycles. The minimum atomic E-state index is 0.785. The van der Waals surface area contributed by atoms with Crippen molar-refractivity contribution in [2.24, 2.45) is 0 Å². The first-order chi connectivity index (χ1) is 6.68. The Hall–Kier alpha value is -1.58. The highest BCUT2D eigenvalue weighted by atomic mass is 16.5. The smallest absolute Gasteiger partial charge is 0.138 e. The van der Waals surface area contributed by atoms with Crippen LogP contribution in [0.5, 0.6) is 0 Å². The Kier molecular flexibility index (Phi) is 2.11. The van der Waals surface area contributed by atoms with Crippen molar-refractivity contribution in [3.05, 3.63) is 35.2 Å². The predicted molar refractivity (Wildman–Crippen MR) is 52.0 cm³/mol. The maximum atomic E-state index is 5.10. The van der Waals surface area contributed by atoms with Crippen LogP contribution in [0.15, 0.2) is 16.9 Å². The van der Waals surface area contributed by atoms with Crippen molar-refractivity contribution in [2.75, 3.05) is 0 Å². The molecule has 0 saturated heterocycles. The van der Waals surface area contributed by atoms with Crippen molar-refractivity contribution in [1.82, 2.24) is 14.7 Å². The number of aryl methyl sites for hydroxylation is 3. The first-order valence-corrected chi connectivity index (χ1v) is 4.58. The summed E-state index contributed by atoms with van der Waals surface area (Å²) in [6.07, 6.45) is 3.76. The average Bonchev–Trinajstić information content (AvgIpc) is 2.67. The highest BCUT2D eigenvalue weighted by molar-refractivity contribution is 5.21. The van der Waals surface area contributed by atoms with Crippen molar-refractivity contribution >= 4 is 0 Å². The molecule has 0 saturated carbocycles. The molecule has 2 aromatic heterocycles. The normalized spacial score (nSPS) is 10.8. The first kappa shape index (κ1) is 8.99. The summed E-state index contributed by atoms with van der Waals surface area (Å²) in [5.41, 5.74) is 2.10. The zero-order valence-corrected chi connectivity index (χ0v) is 8.61. The molecule has 0 unspecified atom stereocenters. The molecule has 0 aliphatic heterocycles. The highest BCUT2D eigenvalue weighted by Gasteiger charge is 2.09. The van der Waals surface area contributed by atoms with Gasteiger partial charge in [0.1, 0.15) is 11.6 Å².